The van der Waals surface area contributed by atoms with Crippen LogP contribution in [-0.2, 0) is 12.8 Å². The van der Waals surface area contributed by atoms with Crippen molar-refractivity contribution in [2.45, 2.75) is 83.6 Å². The number of hydrogen-bond acceptors (Lipinski definition) is 2. The minimum Gasteiger partial charge on any atom is -0.334 e. The van der Waals surface area contributed by atoms with Gasteiger partial charge in [0.25, 0.3) is 0 Å². The summed E-state index contributed by atoms with van der Waals surface area (Å²) < 4.78 is 1.54. The fourth-order valence-electron chi connectivity index (χ4n) is 3.83. The molecule has 24 heavy (non-hydrogen) atoms. The molecule has 2 saturated carbocycles. The quantitative estimate of drug-likeness (QED) is 0.689. The predicted octanol–water partition coefficient (Wildman–Crippen LogP) is 5.38. The second-order valence-electron chi connectivity index (χ2n) is 7.27. The minimum atomic E-state index is -0.0874. The van der Waals surface area contributed by atoms with Gasteiger partial charge >= 0.3 is 6.03 Å². The molecule has 0 aliphatic heterocycles. The number of amides is 2. The first-order valence-corrected chi connectivity index (χ1v) is 9.99. The Balaban J connectivity index is 1.90. The lowest BCUT2D eigenvalue weighted by Gasteiger charge is -2.27. The Kier molecular flexibility index (Phi) is 5.75. The molecule has 1 aromatic carbocycles. The van der Waals surface area contributed by atoms with Gasteiger partial charge in [0.2, 0.25) is 0 Å². The Morgan fingerprint density at radius 2 is 1.67 bits per heavy atom. The number of carbonyl (C=O) groups is 1. The topological polar surface area (TPSA) is 32.3 Å². The van der Waals surface area contributed by atoms with Crippen LogP contribution in [0.25, 0.3) is 0 Å². The molecule has 0 saturated heterocycles. The molecule has 132 valence electrons. The third-order valence-electron chi connectivity index (χ3n) is 5.44. The number of rotatable bonds is 5. The summed E-state index contributed by atoms with van der Waals surface area (Å²) in [5.74, 6) is 0.692. The molecule has 2 aliphatic rings. The molecular weight excluding hydrogens is 316 g/mol. The largest absolute Gasteiger partial charge is 0.334 e. The highest BCUT2D eigenvalue weighted by atomic mass is 32.1. The van der Waals surface area contributed by atoms with E-state index in [2.05, 4.69) is 44.1 Å². The van der Waals surface area contributed by atoms with Crippen LogP contribution in [0.3, 0.4) is 0 Å². The molecule has 3 nitrogen and oxygen atoms in total. The highest BCUT2D eigenvalue weighted by molar-refractivity contribution is 7.82. The molecule has 4 heteroatoms. The van der Waals surface area contributed by atoms with Crippen LogP contribution in [0, 0.1) is 0 Å². The van der Waals surface area contributed by atoms with Crippen LogP contribution in [-0.4, -0.2) is 12.1 Å². The number of hydrogen-bond donors (Lipinski definition) is 2. The van der Waals surface area contributed by atoms with E-state index in [0.717, 1.165) is 31.4 Å². The van der Waals surface area contributed by atoms with Gasteiger partial charge < -0.3 is 5.32 Å². The Morgan fingerprint density at radius 1 is 1.08 bits per heavy atom. The monoisotopic (exact) mass is 346 g/mol. The van der Waals surface area contributed by atoms with E-state index in [0.29, 0.717) is 12.0 Å². The molecule has 2 amide bonds. The Labute approximate surface area is 151 Å². The van der Waals surface area contributed by atoms with Gasteiger partial charge in [-0.3, -0.25) is 0 Å². The highest BCUT2D eigenvalue weighted by Gasteiger charge is 2.27. The number of benzene rings is 1. The first kappa shape index (κ1) is 17.7. The summed E-state index contributed by atoms with van der Waals surface area (Å²) in [6.45, 7) is 4.34. The molecule has 0 unspecified atom stereocenters. The van der Waals surface area contributed by atoms with Crippen molar-refractivity contribution in [2.75, 3.05) is 4.31 Å². The van der Waals surface area contributed by atoms with E-state index in [1.54, 1.807) is 4.31 Å². The number of aryl methyl sites for hydroxylation is 2. The summed E-state index contributed by atoms with van der Waals surface area (Å²) in [5, 5.41) is 3.04. The van der Waals surface area contributed by atoms with Crippen LogP contribution >= 0.6 is 12.8 Å². The lowest BCUT2D eigenvalue weighted by molar-refractivity contribution is 0.249. The third-order valence-corrected chi connectivity index (χ3v) is 5.82. The average Bonchev–Trinajstić information content (AvgIpc) is 3.44. The first-order valence-electron chi connectivity index (χ1n) is 9.59. The number of nitrogens with one attached hydrogen (secondary N) is 1. The van der Waals surface area contributed by atoms with E-state index < -0.39 is 0 Å². The third kappa shape index (κ3) is 3.90. The standard InChI is InChI=1S/C20H30N2OS/c1-3-14-12-17(16-8-6-5-7-9-16)13-15(4-2)19(14)22(24)20(23)21-18-10-11-18/h12-13,16,18,24H,3-11H2,1-2H3,(H,21,23). The number of thiol groups is 1. The van der Waals surface area contributed by atoms with Gasteiger partial charge in [-0.2, -0.15) is 0 Å². The SMILES string of the molecule is CCc1cc(C2CCCCC2)cc(CC)c1N(S)C(=O)NC1CC1. The van der Waals surface area contributed by atoms with Crippen LogP contribution in [0.2, 0.25) is 0 Å². The van der Waals surface area contributed by atoms with Crippen molar-refractivity contribution in [2.24, 2.45) is 0 Å². The molecule has 0 heterocycles. The summed E-state index contributed by atoms with van der Waals surface area (Å²) in [5.41, 5.74) is 4.96. The number of anilines is 1. The van der Waals surface area contributed by atoms with Crippen molar-refractivity contribution in [3.05, 3.63) is 28.8 Å². The maximum atomic E-state index is 12.5. The Hall–Kier alpha value is -1.16. The maximum Gasteiger partial charge on any atom is 0.332 e. The van der Waals surface area contributed by atoms with E-state index in [1.165, 1.54) is 48.8 Å². The van der Waals surface area contributed by atoms with Gasteiger partial charge in [0.1, 0.15) is 0 Å². The molecule has 2 aliphatic carbocycles. The minimum absolute atomic E-state index is 0.0874. The van der Waals surface area contributed by atoms with E-state index in [4.69, 9.17) is 0 Å². The zero-order chi connectivity index (χ0) is 17.1. The molecule has 1 aromatic rings. The Bertz CT molecular complexity index is 566. The van der Waals surface area contributed by atoms with Crippen molar-refractivity contribution < 1.29 is 4.79 Å². The van der Waals surface area contributed by atoms with Gasteiger partial charge in [0.15, 0.2) is 0 Å². The van der Waals surface area contributed by atoms with Crippen LogP contribution in [0.4, 0.5) is 10.5 Å². The van der Waals surface area contributed by atoms with Crippen molar-refractivity contribution in [3.63, 3.8) is 0 Å². The molecule has 0 bridgehead atoms. The molecule has 0 aromatic heterocycles. The zero-order valence-corrected chi connectivity index (χ0v) is 15.9. The van der Waals surface area contributed by atoms with E-state index >= 15 is 0 Å². The van der Waals surface area contributed by atoms with Crippen LogP contribution in [0.5, 0.6) is 0 Å². The van der Waals surface area contributed by atoms with Crippen LogP contribution in [0.15, 0.2) is 12.1 Å². The predicted molar refractivity (Wildman–Crippen MR) is 104 cm³/mol. The van der Waals surface area contributed by atoms with Gasteiger partial charge in [-0.25, -0.2) is 9.10 Å². The fraction of sp³-hybridized carbons (Fsp3) is 0.650. The Morgan fingerprint density at radius 3 is 2.17 bits per heavy atom. The second kappa shape index (κ2) is 7.81. The lowest BCUT2D eigenvalue weighted by atomic mass is 9.82. The van der Waals surface area contributed by atoms with Crippen molar-refractivity contribution in [1.29, 1.82) is 0 Å². The van der Waals surface area contributed by atoms with Gasteiger partial charge in [-0.15, -0.1) is 0 Å². The summed E-state index contributed by atoms with van der Waals surface area (Å²) in [4.78, 5) is 12.5. The van der Waals surface area contributed by atoms with Gasteiger partial charge in [0.05, 0.1) is 5.69 Å². The van der Waals surface area contributed by atoms with E-state index in [1.807, 2.05) is 0 Å². The molecule has 0 spiro atoms. The summed E-state index contributed by atoms with van der Waals surface area (Å²) in [6, 6.07) is 4.93. The van der Waals surface area contributed by atoms with Gasteiger partial charge in [0, 0.05) is 6.04 Å². The molecule has 1 N–H and O–H groups in total. The molecular formula is C20H30N2OS. The summed E-state index contributed by atoms with van der Waals surface area (Å²) in [7, 11) is 0. The van der Waals surface area contributed by atoms with Gasteiger partial charge in [-0.05, 0) is 61.1 Å². The van der Waals surface area contributed by atoms with Crippen molar-refractivity contribution in [1.82, 2.24) is 5.32 Å². The normalized spacial score (nSPS) is 18.5. The second-order valence-corrected chi connectivity index (χ2v) is 7.67. The van der Waals surface area contributed by atoms with Crippen molar-refractivity contribution in [3.8, 4) is 0 Å². The first-order chi connectivity index (χ1) is 11.6. The maximum absolute atomic E-state index is 12.5. The molecule has 0 radical (unpaired) electrons. The van der Waals surface area contributed by atoms with Crippen LogP contribution < -0.4 is 9.62 Å². The zero-order valence-electron chi connectivity index (χ0n) is 15.0. The number of urea groups is 1. The summed E-state index contributed by atoms with van der Waals surface area (Å²) >= 11 is 4.55. The smallest absolute Gasteiger partial charge is 0.332 e. The highest BCUT2D eigenvalue weighted by Crippen LogP contribution is 2.38. The number of nitrogens with zero attached hydrogens (tertiary/aromatic N) is 1. The molecule has 0 atom stereocenters. The average molecular weight is 347 g/mol. The van der Waals surface area contributed by atoms with Crippen LogP contribution in [0.1, 0.15) is 81.4 Å². The van der Waals surface area contributed by atoms with E-state index in [-0.39, 0.29) is 6.03 Å². The fourth-order valence-corrected chi connectivity index (χ4v) is 4.15. The molecule has 3 rings (SSSR count). The van der Waals surface area contributed by atoms with E-state index in [9.17, 15) is 4.79 Å². The lowest BCUT2D eigenvalue weighted by Crippen LogP contribution is -2.36. The number of carbonyl (C=O) groups excluding carboxylic acids is 1. The van der Waals surface area contributed by atoms with Gasteiger partial charge in [-0.1, -0.05) is 58.1 Å². The molecule has 2 fully saturated rings. The van der Waals surface area contributed by atoms with Crippen molar-refractivity contribution >= 4 is 24.5 Å². The summed E-state index contributed by atoms with van der Waals surface area (Å²) in [6.07, 6.45) is 10.7.